The van der Waals surface area contributed by atoms with Crippen molar-refractivity contribution in [2.75, 3.05) is 13.6 Å². The van der Waals surface area contributed by atoms with Crippen LogP contribution in [0.5, 0.6) is 0 Å². The Morgan fingerprint density at radius 1 is 1.43 bits per heavy atom. The predicted octanol–water partition coefficient (Wildman–Crippen LogP) is 2.36. The first-order chi connectivity index (χ1) is 9.97. The van der Waals surface area contributed by atoms with Gasteiger partial charge in [0.05, 0.1) is 12.5 Å². The van der Waals surface area contributed by atoms with Gasteiger partial charge in [-0.25, -0.2) is 0 Å². The highest BCUT2D eigenvalue weighted by atomic mass is 35.5. The Labute approximate surface area is 131 Å². The van der Waals surface area contributed by atoms with Gasteiger partial charge in [0.1, 0.15) is 0 Å². The van der Waals surface area contributed by atoms with Gasteiger partial charge in [0, 0.05) is 23.7 Å². The maximum atomic E-state index is 11.9. The Kier molecular flexibility index (Phi) is 5.62. The van der Waals surface area contributed by atoms with Crippen molar-refractivity contribution in [3.8, 4) is 0 Å². The van der Waals surface area contributed by atoms with Gasteiger partial charge in [-0.05, 0) is 44.5 Å². The number of benzene rings is 1. The van der Waals surface area contributed by atoms with E-state index in [2.05, 4.69) is 24.2 Å². The standard InChI is InChI=1S/C16H23ClN2O2/c1-11(19(2)14-7-8-14)10-18-16(21)9-15(20)12-3-5-13(17)6-4-12/h3-6,11,14-15,20H,7-10H2,1-2H3,(H,18,21). The Morgan fingerprint density at radius 3 is 2.62 bits per heavy atom. The molecule has 0 heterocycles. The van der Waals surface area contributed by atoms with E-state index in [1.54, 1.807) is 24.3 Å². The Bertz CT molecular complexity index is 474. The van der Waals surface area contributed by atoms with Crippen LogP contribution in [0.4, 0.5) is 0 Å². The SMILES string of the molecule is CC(CNC(=O)CC(O)c1ccc(Cl)cc1)N(C)C1CC1. The summed E-state index contributed by atoms with van der Waals surface area (Å²) in [6.07, 6.45) is 1.79. The minimum atomic E-state index is -0.793. The smallest absolute Gasteiger partial charge is 0.223 e. The van der Waals surface area contributed by atoms with Gasteiger partial charge in [-0.2, -0.15) is 0 Å². The third-order valence-corrected chi connectivity index (χ3v) is 4.30. The summed E-state index contributed by atoms with van der Waals surface area (Å²) < 4.78 is 0. The molecule has 4 nitrogen and oxygen atoms in total. The molecule has 1 saturated carbocycles. The molecule has 0 radical (unpaired) electrons. The molecule has 1 aromatic rings. The fraction of sp³-hybridized carbons (Fsp3) is 0.562. The zero-order valence-corrected chi connectivity index (χ0v) is 13.3. The van der Waals surface area contributed by atoms with E-state index in [9.17, 15) is 9.90 Å². The number of hydrogen-bond acceptors (Lipinski definition) is 3. The Hall–Kier alpha value is -1.10. The van der Waals surface area contributed by atoms with Gasteiger partial charge in [0.2, 0.25) is 5.91 Å². The summed E-state index contributed by atoms with van der Waals surface area (Å²) in [4.78, 5) is 14.2. The lowest BCUT2D eigenvalue weighted by Crippen LogP contribution is -2.41. The van der Waals surface area contributed by atoms with E-state index in [1.165, 1.54) is 12.8 Å². The van der Waals surface area contributed by atoms with Crippen molar-refractivity contribution in [1.29, 1.82) is 0 Å². The lowest BCUT2D eigenvalue weighted by Gasteiger charge is -2.24. The number of hydrogen-bond donors (Lipinski definition) is 2. The quantitative estimate of drug-likeness (QED) is 0.813. The molecule has 1 aromatic carbocycles. The Balaban J connectivity index is 1.74. The summed E-state index contributed by atoms with van der Waals surface area (Å²) in [6, 6.07) is 7.90. The van der Waals surface area contributed by atoms with Crippen LogP contribution in [0, 0.1) is 0 Å². The fourth-order valence-electron chi connectivity index (χ4n) is 2.30. The highest BCUT2D eigenvalue weighted by Gasteiger charge is 2.29. The number of amides is 1. The molecule has 116 valence electrons. The molecule has 0 saturated heterocycles. The number of halogens is 1. The number of carbonyl (C=O) groups excluding carboxylic acids is 1. The van der Waals surface area contributed by atoms with Crippen LogP contribution in [0.3, 0.4) is 0 Å². The van der Waals surface area contributed by atoms with Crippen molar-refractivity contribution < 1.29 is 9.90 Å². The highest BCUT2D eigenvalue weighted by molar-refractivity contribution is 6.30. The summed E-state index contributed by atoms with van der Waals surface area (Å²) in [5.41, 5.74) is 0.706. The minimum absolute atomic E-state index is 0.0709. The lowest BCUT2D eigenvalue weighted by atomic mass is 10.1. The largest absolute Gasteiger partial charge is 0.388 e. The van der Waals surface area contributed by atoms with Gasteiger partial charge in [-0.1, -0.05) is 23.7 Å². The van der Waals surface area contributed by atoms with Crippen LogP contribution >= 0.6 is 11.6 Å². The predicted molar refractivity (Wildman–Crippen MR) is 84.3 cm³/mol. The fourth-order valence-corrected chi connectivity index (χ4v) is 2.42. The summed E-state index contributed by atoms with van der Waals surface area (Å²) in [5.74, 6) is -0.131. The Morgan fingerprint density at radius 2 is 2.05 bits per heavy atom. The van der Waals surface area contributed by atoms with E-state index in [0.717, 1.165) is 0 Å². The second-order valence-electron chi connectivity index (χ2n) is 5.82. The molecule has 2 rings (SSSR count). The zero-order chi connectivity index (χ0) is 15.4. The number of carbonyl (C=O) groups is 1. The number of aliphatic hydroxyl groups is 1. The first-order valence-electron chi connectivity index (χ1n) is 7.39. The first-order valence-corrected chi connectivity index (χ1v) is 7.77. The number of nitrogens with zero attached hydrogens (tertiary/aromatic N) is 1. The summed E-state index contributed by atoms with van der Waals surface area (Å²) in [5, 5.41) is 13.5. The topological polar surface area (TPSA) is 52.6 Å². The molecule has 0 bridgehead atoms. The molecule has 0 spiro atoms. The van der Waals surface area contributed by atoms with Crippen molar-refractivity contribution in [3.05, 3.63) is 34.9 Å². The van der Waals surface area contributed by atoms with Crippen molar-refractivity contribution in [1.82, 2.24) is 10.2 Å². The van der Waals surface area contributed by atoms with E-state index in [0.29, 0.717) is 29.2 Å². The van der Waals surface area contributed by atoms with Crippen LogP contribution in [0.2, 0.25) is 5.02 Å². The third kappa shape index (κ3) is 4.99. The van der Waals surface area contributed by atoms with Crippen LogP contribution in [0.25, 0.3) is 0 Å². The normalized spacial score (nSPS) is 17.6. The monoisotopic (exact) mass is 310 g/mol. The molecule has 2 N–H and O–H groups in total. The maximum Gasteiger partial charge on any atom is 0.223 e. The molecule has 21 heavy (non-hydrogen) atoms. The van der Waals surface area contributed by atoms with Crippen LogP contribution in [-0.2, 0) is 4.79 Å². The van der Waals surface area contributed by atoms with Gasteiger partial charge < -0.3 is 10.4 Å². The molecule has 1 amide bonds. The van der Waals surface area contributed by atoms with Crippen molar-refractivity contribution >= 4 is 17.5 Å². The van der Waals surface area contributed by atoms with Crippen LogP contribution in [0.15, 0.2) is 24.3 Å². The molecular weight excluding hydrogens is 288 g/mol. The third-order valence-electron chi connectivity index (χ3n) is 4.05. The number of aliphatic hydroxyl groups excluding tert-OH is 1. The summed E-state index contributed by atoms with van der Waals surface area (Å²) in [6.45, 7) is 2.72. The lowest BCUT2D eigenvalue weighted by molar-refractivity contribution is -0.123. The maximum absolute atomic E-state index is 11.9. The molecule has 1 aliphatic rings. The van der Waals surface area contributed by atoms with Crippen LogP contribution in [0.1, 0.15) is 37.9 Å². The van der Waals surface area contributed by atoms with Gasteiger partial charge >= 0.3 is 0 Å². The van der Waals surface area contributed by atoms with E-state index in [1.807, 2.05) is 0 Å². The molecule has 5 heteroatoms. The van der Waals surface area contributed by atoms with E-state index < -0.39 is 6.10 Å². The molecular formula is C16H23ClN2O2. The molecule has 2 unspecified atom stereocenters. The van der Waals surface area contributed by atoms with E-state index in [-0.39, 0.29) is 12.3 Å². The molecule has 2 atom stereocenters. The summed E-state index contributed by atoms with van der Waals surface area (Å²) >= 11 is 5.80. The van der Waals surface area contributed by atoms with Gasteiger partial charge in [-0.3, -0.25) is 9.69 Å². The average Bonchev–Trinajstić information content (AvgIpc) is 3.29. The van der Waals surface area contributed by atoms with Gasteiger partial charge in [-0.15, -0.1) is 0 Å². The van der Waals surface area contributed by atoms with Crippen molar-refractivity contribution in [3.63, 3.8) is 0 Å². The van der Waals surface area contributed by atoms with Gasteiger partial charge in [0.25, 0.3) is 0 Å². The van der Waals surface area contributed by atoms with Crippen molar-refractivity contribution in [2.24, 2.45) is 0 Å². The number of rotatable bonds is 7. The zero-order valence-electron chi connectivity index (χ0n) is 12.6. The van der Waals surface area contributed by atoms with Crippen LogP contribution in [-0.4, -0.2) is 41.6 Å². The highest BCUT2D eigenvalue weighted by Crippen LogP contribution is 2.26. The molecule has 0 aromatic heterocycles. The molecule has 1 fully saturated rings. The first kappa shape index (κ1) is 16.3. The second-order valence-corrected chi connectivity index (χ2v) is 6.26. The van der Waals surface area contributed by atoms with E-state index in [4.69, 9.17) is 11.6 Å². The van der Waals surface area contributed by atoms with E-state index >= 15 is 0 Å². The molecule has 1 aliphatic carbocycles. The second kappa shape index (κ2) is 7.25. The van der Waals surface area contributed by atoms with Crippen molar-refractivity contribution in [2.45, 2.75) is 44.4 Å². The minimum Gasteiger partial charge on any atom is -0.388 e. The summed E-state index contributed by atoms with van der Waals surface area (Å²) in [7, 11) is 2.09. The number of likely N-dealkylation sites (N-methyl/N-ethyl adjacent to an activating group) is 1. The van der Waals surface area contributed by atoms with Gasteiger partial charge in [0.15, 0.2) is 0 Å². The average molecular weight is 311 g/mol. The molecule has 0 aliphatic heterocycles. The number of nitrogens with one attached hydrogen (secondary N) is 1. The van der Waals surface area contributed by atoms with Crippen LogP contribution < -0.4 is 5.32 Å².